The lowest BCUT2D eigenvalue weighted by Gasteiger charge is -2.14. The Kier molecular flexibility index (Phi) is 49.9. The summed E-state index contributed by atoms with van der Waals surface area (Å²) in [5.41, 5.74) is 16.1. The van der Waals surface area contributed by atoms with E-state index in [2.05, 4.69) is 85.5 Å². The van der Waals surface area contributed by atoms with Gasteiger partial charge in [0.1, 0.15) is 6.04 Å². The third kappa shape index (κ3) is 51.0. The molecule has 0 spiro atoms. The van der Waals surface area contributed by atoms with E-state index in [1.54, 1.807) is 12.4 Å². The van der Waals surface area contributed by atoms with E-state index in [4.69, 9.17) is 11.5 Å². The molecule has 0 aliphatic heterocycles. The van der Waals surface area contributed by atoms with Crippen molar-refractivity contribution in [3.05, 3.63) is 24.3 Å². The molecule has 0 radical (unpaired) electrons. The molecule has 0 aromatic carbocycles. The average molecular weight is 1070 g/mol. The number of hydrogen-bond donors (Lipinski definition) is 8. The number of nitrogens with zero attached hydrogens (tertiary/aromatic N) is 3. The summed E-state index contributed by atoms with van der Waals surface area (Å²) in [5.74, 6) is -1.58. The van der Waals surface area contributed by atoms with Gasteiger partial charge in [0.25, 0.3) is 11.8 Å². The number of amides is 6. The third-order valence-electron chi connectivity index (χ3n) is 10.4. The van der Waals surface area contributed by atoms with E-state index in [0.717, 1.165) is 51.4 Å². The van der Waals surface area contributed by atoms with Crippen molar-refractivity contribution >= 4 is 97.0 Å². The highest BCUT2D eigenvalue weighted by Crippen LogP contribution is 2.21. The molecule has 0 aromatic heterocycles. The molecule has 0 unspecified atom stereocenters. The van der Waals surface area contributed by atoms with E-state index >= 15 is 0 Å². The number of carbonyl (C=O) groups excluding carboxylic acids is 6. The lowest BCUT2D eigenvalue weighted by atomic mass is 10.1. The van der Waals surface area contributed by atoms with Gasteiger partial charge in [-0.2, -0.15) is 10.2 Å². The standard InChI is InChI=1S/C50H91N11O6S4/c1-3-5-7-9-11-13-15-17-19-21-23-25-27-29-33-57-60-47(65)41-70-68-39-45(63)54-36-35-53-44(62)32-31-43(59-50(51)52)49(67)56-38-37-55-46(64)40-69-71-42-48(66)61-58-34-30-28-26-24-22-20-18-16-14-12-10-8-6-4-2/h13-16,33-34,43H,3-12,17-32,35-42H2,1-2H3,(H,53,62)(H,54,63)(H,55,64)(H,56,67)(H,60,65)(H,61,66)(H4,51,52,59)/b15-13-,16-14-,57-33-,58-34-/t43-/m0/s1. The maximum atomic E-state index is 12.8. The minimum absolute atomic E-state index is 0.0311. The molecular weight excluding hydrogens is 979 g/mol. The molecule has 406 valence electrons. The van der Waals surface area contributed by atoms with Crippen LogP contribution in [0.1, 0.15) is 181 Å². The second-order valence-electron chi connectivity index (χ2n) is 17.0. The maximum Gasteiger partial charge on any atom is 0.250 e. The third-order valence-corrected chi connectivity index (χ3v) is 14.7. The first-order valence-electron chi connectivity index (χ1n) is 26.1. The number of aliphatic imine (C=N–C) groups is 1. The summed E-state index contributed by atoms with van der Waals surface area (Å²) in [6.07, 6.45) is 41.3. The van der Waals surface area contributed by atoms with Crippen molar-refractivity contribution in [2.75, 3.05) is 49.2 Å². The van der Waals surface area contributed by atoms with Crippen molar-refractivity contribution in [1.82, 2.24) is 32.1 Å². The van der Waals surface area contributed by atoms with Crippen LogP contribution in [0.4, 0.5) is 0 Å². The van der Waals surface area contributed by atoms with Crippen molar-refractivity contribution in [3.63, 3.8) is 0 Å². The Balaban J connectivity index is 3.92. The van der Waals surface area contributed by atoms with Crippen molar-refractivity contribution < 1.29 is 28.8 Å². The molecule has 0 aliphatic rings. The fourth-order valence-corrected chi connectivity index (χ4v) is 9.90. The fourth-order valence-electron chi connectivity index (χ4n) is 6.52. The van der Waals surface area contributed by atoms with Crippen LogP contribution < -0.4 is 43.6 Å². The molecule has 71 heavy (non-hydrogen) atoms. The molecule has 0 bridgehead atoms. The lowest BCUT2D eigenvalue weighted by Crippen LogP contribution is -2.41. The monoisotopic (exact) mass is 1070 g/mol. The van der Waals surface area contributed by atoms with Gasteiger partial charge in [0.15, 0.2) is 5.96 Å². The Labute approximate surface area is 442 Å². The van der Waals surface area contributed by atoms with Gasteiger partial charge in [-0.15, -0.1) is 0 Å². The van der Waals surface area contributed by atoms with Gasteiger partial charge < -0.3 is 32.7 Å². The molecule has 0 rings (SSSR count). The van der Waals surface area contributed by atoms with E-state index in [0.29, 0.717) is 0 Å². The first-order chi connectivity index (χ1) is 34.6. The molecule has 21 heteroatoms. The molecule has 0 fully saturated rings. The number of allylic oxidation sites excluding steroid dienone is 4. The molecule has 1 atom stereocenters. The normalized spacial score (nSPS) is 11.9. The number of unbranched alkanes of at least 4 members (excludes halogenated alkanes) is 20. The second-order valence-corrected chi connectivity index (χ2v) is 21.9. The zero-order valence-electron chi connectivity index (χ0n) is 43.2. The number of nitrogens with two attached hydrogens (primary N) is 2. The summed E-state index contributed by atoms with van der Waals surface area (Å²) in [6, 6.07) is -1.02. The maximum absolute atomic E-state index is 12.8. The zero-order valence-corrected chi connectivity index (χ0v) is 46.4. The number of hydrazone groups is 2. The summed E-state index contributed by atoms with van der Waals surface area (Å²) in [5, 5.41) is 18.8. The summed E-state index contributed by atoms with van der Waals surface area (Å²) >= 11 is 0. The van der Waals surface area contributed by atoms with Crippen molar-refractivity contribution in [2.45, 2.75) is 187 Å². The highest BCUT2D eigenvalue weighted by molar-refractivity contribution is 8.77. The first-order valence-corrected chi connectivity index (χ1v) is 31.1. The molecular formula is C50H91N11O6S4. The van der Waals surface area contributed by atoms with Gasteiger partial charge in [0.2, 0.25) is 23.6 Å². The van der Waals surface area contributed by atoms with Crippen LogP contribution in [0.15, 0.2) is 39.5 Å². The van der Waals surface area contributed by atoms with Gasteiger partial charge in [-0.1, -0.05) is 158 Å². The highest BCUT2D eigenvalue weighted by Gasteiger charge is 2.19. The first kappa shape index (κ1) is 67.3. The quantitative estimate of drug-likeness (QED) is 0.00714. The van der Waals surface area contributed by atoms with Crippen molar-refractivity contribution in [1.29, 1.82) is 0 Å². The Morgan fingerprint density at radius 2 is 0.775 bits per heavy atom. The largest absolute Gasteiger partial charge is 0.370 e. The second kappa shape index (κ2) is 52.6. The summed E-state index contributed by atoms with van der Waals surface area (Å²) < 4.78 is 0. The van der Waals surface area contributed by atoms with E-state index in [1.807, 2.05) is 0 Å². The number of carbonyl (C=O) groups is 6. The molecule has 0 saturated carbocycles. The van der Waals surface area contributed by atoms with Gasteiger partial charge in [-0.3, -0.25) is 28.8 Å². The van der Waals surface area contributed by atoms with Gasteiger partial charge in [-0.05, 0) is 83.5 Å². The molecule has 6 amide bonds. The fraction of sp³-hybridized carbons (Fsp3) is 0.740. The summed E-state index contributed by atoms with van der Waals surface area (Å²) in [6.45, 7) is 5.11. The van der Waals surface area contributed by atoms with Crippen LogP contribution in [-0.4, -0.2) is 109 Å². The summed E-state index contributed by atoms with van der Waals surface area (Å²) in [7, 11) is 4.99. The summed E-state index contributed by atoms with van der Waals surface area (Å²) in [4.78, 5) is 77.6. The van der Waals surface area contributed by atoms with Crippen molar-refractivity contribution in [3.8, 4) is 0 Å². The number of hydrogen-bond acceptors (Lipinski definition) is 13. The number of rotatable bonds is 49. The Morgan fingerprint density at radius 1 is 0.437 bits per heavy atom. The van der Waals surface area contributed by atoms with E-state index in [1.165, 1.54) is 146 Å². The van der Waals surface area contributed by atoms with Crippen LogP contribution >= 0.6 is 43.2 Å². The Bertz CT molecular complexity index is 1550. The van der Waals surface area contributed by atoms with Crippen LogP contribution in [0, 0.1) is 0 Å². The van der Waals surface area contributed by atoms with E-state index in [-0.39, 0.29) is 97.5 Å². The van der Waals surface area contributed by atoms with Gasteiger partial charge in [-0.25, -0.2) is 15.8 Å². The van der Waals surface area contributed by atoms with Gasteiger partial charge in [0, 0.05) is 45.0 Å². The Hall–Kier alpha value is -3.69. The molecule has 17 nitrogen and oxygen atoms in total. The van der Waals surface area contributed by atoms with Gasteiger partial charge in [0.05, 0.1) is 23.0 Å². The minimum atomic E-state index is -1.02. The molecule has 10 N–H and O–H groups in total. The van der Waals surface area contributed by atoms with Crippen LogP contribution in [0.5, 0.6) is 0 Å². The highest BCUT2D eigenvalue weighted by atomic mass is 33.1. The van der Waals surface area contributed by atoms with E-state index in [9.17, 15) is 28.8 Å². The lowest BCUT2D eigenvalue weighted by molar-refractivity contribution is -0.124. The zero-order chi connectivity index (χ0) is 52.1. The Morgan fingerprint density at radius 3 is 1.17 bits per heavy atom. The number of guanidine groups is 1. The van der Waals surface area contributed by atoms with Crippen LogP contribution in [-0.2, 0) is 28.8 Å². The smallest absolute Gasteiger partial charge is 0.250 e. The predicted octanol–water partition coefficient (Wildman–Crippen LogP) is 8.35. The van der Waals surface area contributed by atoms with Crippen LogP contribution in [0.2, 0.25) is 0 Å². The van der Waals surface area contributed by atoms with Crippen molar-refractivity contribution in [2.24, 2.45) is 26.7 Å². The topological polar surface area (TPSA) is 264 Å². The van der Waals surface area contributed by atoms with Gasteiger partial charge >= 0.3 is 0 Å². The molecule has 0 aromatic rings. The number of nitrogens with one attached hydrogen (secondary N) is 6. The minimum Gasteiger partial charge on any atom is -0.370 e. The van der Waals surface area contributed by atoms with E-state index < -0.39 is 11.9 Å². The molecule has 0 aliphatic carbocycles. The predicted molar refractivity (Wildman–Crippen MR) is 304 cm³/mol. The molecule has 0 saturated heterocycles. The van der Waals surface area contributed by atoms with Crippen LogP contribution in [0.3, 0.4) is 0 Å². The van der Waals surface area contributed by atoms with Crippen LogP contribution in [0.25, 0.3) is 0 Å². The average Bonchev–Trinajstić information content (AvgIpc) is 3.35. The molecule has 0 heterocycles. The SMILES string of the molecule is CCCCCC/C=C\CCCCCCC/C=N\NC(=O)CSSCC(=O)NCCNC(=O)CC[C@H](N=C(N)N)C(=O)NCCNC(=O)CSSCC(=O)N/N=C\CCCCCCC/C=C\CCCCCC.